The largest absolute Gasteiger partial charge is 0.514 e. The summed E-state index contributed by atoms with van der Waals surface area (Å²) in [4.78, 5) is 26.8. The summed E-state index contributed by atoms with van der Waals surface area (Å²) in [5.74, 6) is -1.22. The molecule has 67 heavy (non-hydrogen) atoms. The highest BCUT2D eigenvalue weighted by Gasteiger charge is 2.56. The number of cyclic esters (lactones) is 1. The summed E-state index contributed by atoms with van der Waals surface area (Å²) in [5.41, 5.74) is 1.88. The molecule has 4 heterocycles. The number of carbonyl (C=O) groups is 2. The second-order valence-corrected chi connectivity index (χ2v) is 16.7. The molecule has 2 aromatic rings. The van der Waals surface area contributed by atoms with Gasteiger partial charge in [0.15, 0.2) is 35.6 Å². The predicted octanol–water partition coefficient (Wildman–Crippen LogP) is 8.63. The zero-order valence-electron chi connectivity index (χ0n) is 38.7. The van der Waals surface area contributed by atoms with Crippen LogP contribution in [0.5, 0.6) is 28.7 Å². The summed E-state index contributed by atoms with van der Waals surface area (Å²) >= 11 is 0. The van der Waals surface area contributed by atoms with Crippen molar-refractivity contribution in [1.82, 2.24) is 0 Å². The number of allylic oxidation sites excluding steroid dienone is 12. The number of methoxy groups -OCH3 is 2. The lowest BCUT2D eigenvalue weighted by atomic mass is 9.66. The van der Waals surface area contributed by atoms with Crippen molar-refractivity contribution in [2.24, 2.45) is 11.8 Å². The Balaban J connectivity index is 0.949. The molecule has 15 heteroatoms. The molecule has 5 aliphatic rings. The van der Waals surface area contributed by atoms with E-state index in [9.17, 15) is 19.8 Å². The summed E-state index contributed by atoms with van der Waals surface area (Å²) in [6.45, 7) is 4.10. The minimum Gasteiger partial charge on any atom is -0.493 e. The van der Waals surface area contributed by atoms with E-state index < -0.39 is 73.0 Å². The second kappa shape index (κ2) is 24.6. The Bertz CT molecular complexity index is 2130. The van der Waals surface area contributed by atoms with Gasteiger partial charge in [-0.3, -0.25) is 4.79 Å². The standard InChI is InChI=1S/C52H64O15/c1-5-6-7-8-9-10-11-12-13-14-15-16-17-18-19-20-21-22-23-24-25-59-52(56)67-48-40(57-3)26-34(27-41(48)58-4)43-35-28-38-39(63-32-62-38)29-36(35)47(37-30-61-50(55)44(37)43)66-51-46(54)45(53)49-42(65-51)31-60-33(2)64-49/h6-7,9-10,12-13,15-16,18-19,21-22,26-29,33,37,42-47,49,51,53-54H,5,8,11,14,17,20,23-25,30-32H2,1-4H3/b7-6-,10-9-,13-12-,16-15-,19-18-,22-21-/t33-,37+,42-,43-,44+,45-,46-,47-,49?,51+/m1/s1. The minimum absolute atomic E-state index is 0.00110. The zero-order chi connectivity index (χ0) is 47.1. The number of ether oxygens (including phenoxy) is 11. The monoisotopic (exact) mass is 928 g/mol. The SMILES string of the molecule is CC/C=C\C/C=C\C/C=C\C/C=C\C/C=C\C/C=C\CCCOC(=O)Oc1c(OC)cc([C@@H]2c3cc4c(cc3[C@@H](O[C@@H]3O[C@@H]5CO[C@@H](C)OC5[C@H](O)[C@H]3O)[C@H]3COC(=O)[C@H]23)OCO4)cc1OC. The first-order chi connectivity index (χ1) is 32.7. The van der Waals surface area contributed by atoms with Gasteiger partial charge in [-0.2, -0.15) is 0 Å². The number of rotatable bonds is 21. The van der Waals surface area contributed by atoms with E-state index in [4.69, 9.17) is 52.1 Å². The molecule has 3 saturated heterocycles. The molecule has 15 nitrogen and oxygen atoms in total. The van der Waals surface area contributed by atoms with Gasteiger partial charge in [0.25, 0.3) is 0 Å². The fourth-order valence-electron chi connectivity index (χ4n) is 8.93. The van der Waals surface area contributed by atoms with Gasteiger partial charge in [-0.1, -0.05) is 79.8 Å². The summed E-state index contributed by atoms with van der Waals surface area (Å²) < 4.78 is 63.9. The number of benzene rings is 2. The average Bonchev–Trinajstić information content (AvgIpc) is 3.96. The van der Waals surface area contributed by atoms with Gasteiger partial charge in [-0.05, 0) is 99.2 Å². The van der Waals surface area contributed by atoms with Crippen molar-refractivity contribution in [3.05, 3.63) is 114 Å². The van der Waals surface area contributed by atoms with Crippen LogP contribution in [-0.4, -0.2) is 100 Å². The van der Waals surface area contributed by atoms with Crippen molar-refractivity contribution in [2.75, 3.05) is 40.8 Å². The predicted molar refractivity (Wildman–Crippen MR) is 246 cm³/mol. The number of hydrogen-bond acceptors (Lipinski definition) is 15. The molecular formula is C52H64O15. The summed E-state index contributed by atoms with van der Waals surface area (Å²) in [7, 11) is 2.87. The quantitative estimate of drug-likeness (QED) is 0.0526. The molecule has 0 amide bonds. The maximum atomic E-state index is 13.8. The third-order valence-electron chi connectivity index (χ3n) is 12.2. The maximum absolute atomic E-state index is 13.8. The third kappa shape index (κ3) is 12.4. The smallest absolute Gasteiger partial charge is 0.493 e. The Morgan fingerprint density at radius 3 is 1.96 bits per heavy atom. The van der Waals surface area contributed by atoms with Crippen LogP contribution in [-0.2, 0) is 33.2 Å². The number of esters is 1. The van der Waals surface area contributed by atoms with E-state index >= 15 is 0 Å². The minimum atomic E-state index is -1.48. The molecule has 0 aromatic heterocycles. The lowest BCUT2D eigenvalue weighted by Crippen LogP contribution is -2.63. The molecule has 362 valence electrons. The molecule has 7 rings (SSSR count). The van der Waals surface area contributed by atoms with Crippen molar-refractivity contribution < 1.29 is 71.9 Å². The molecule has 0 bridgehead atoms. The van der Waals surface area contributed by atoms with Crippen LogP contribution < -0.4 is 23.7 Å². The van der Waals surface area contributed by atoms with Crippen LogP contribution in [0.15, 0.2) is 97.2 Å². The van der Waals surface area contributed by atoms with E-state index in [1.54, 1.807) is 31.2 Å². The molecule has 4 aliphatic heterocycles. The van der Waals surface area contributed by atoms with E-state index in [0.717, 1.165) is 44.9 Å². The van der Waals surface area contributed by atoms with Gasteiger partial charge >= 0.3 is 12.1 Å². The first-order valence-electron chi connectivity index (χ1n) is 23.3. The van der Waals surface area contributed by atoms with Gasteiger partial charge in [0.05, 0.1) is 46.1 Å². The third-order valence-corrected chi connectivity index (χ3v) is 12.2. The highest BCUT2D eigenvalue weighted by Crippen LogP contribution is 2.57. The Morgan fingerprint density at radius 2 is 1.34 bits per heavy atom. The lowest BCUT2D eigenvalue weighted by Gasteiger charge is -2.47. The Labute approximate surface area is 392 Å². The highest BCUT2D eigenvalue weighted by molar-refractivity contribution is 5.79. The number of aliphatic hydroxyl groups excluding tert-OH is 2. The number of unbranched alkanes of at least 4 members (excludes halogenated alkanes) is 1. The van der Waals surface area contributed by atoms with E-state index in [1.165, 1.54) is 14.2 Å². The van der Waals surface area contributed by atoms with Crippen molar-refractivity contribution in [3.8, 4) is 28.7 Å². The number of aliphatic hydroxyl groups is 2. The molecule has 1 unspecified atom stereocenters. The molecule has 2 aromatic carbocycles. The van der Waals surface area contributed by atoms with Crippen LogP contribution in [0.25, 0.3) is 0 Å². The normalized spacial score (nSPS) is 27.9. The maximum Gasteiger partial charge on any atom is 0.514 e. The Hall–Kier alpha value is -5.42. The molecule has 0 saturated carbocycles. The van der Waals surface area contributed by atoms with Crippen molar-refractivity contribution in [1.29, 1.82) is 0 Å². The van der Waals surface area contributed by atoms with Crippen molar-refractivity contribution in [2.45, 2.75) is 114 Å². The van der Waals surface area contributed by atoms with E-state index in [2.05, 4.69) is 79.8 Å². The Kier molecular flexibility index (Phi) is 18.1. The van der Waals surface area contributed by atoms with Gasteiger partial charge in [0.2, 0.25) is 12.5 Å². The van der Waals surface area contributed by atoms with Gasteiger partial charge in [-0.15, -0.1) is 0 Å². The average molecular weight is 929 g/mol. The van der Waals surface area contributed by atoms with E-state index in [-0.39, 0.29) is 43.9 Å². The first-order valence-corrected chi connectivity index (χ1v) is 23.3. The fourth-order valence-corrected chi connectivity index (χ4v) is 8.93. The molecule has 0 spiro atoms. The number of fused-ring (bicyclic) bond motifs is 4. The molecule has 2 N–H and O–H groups in total. The van der Waals surface area contributed by atoms with Crippen LogP contribution in [0.1, 0.15) is 93.9 Å². The van der Waals surface area contributed by atoms with Crippen LogP contribution >= 0.6 is 0 Å². The molecule has 3 fully saturated rings. The number of hydrogen-bond donors (Lipinski definition) is 2. The highest BCUT2D eigenvalue weighted by atomic mass is 16.8. The molecule has 1 aliphatic carbocycles. The zero-order valence-corrected chi connectivity index (χ0v) is 38.7. The Morgan fingerprint density at radius 1 is 0.746 bits per heavy atom. The van der Waals surface area contributed by atoms with Crippen LogP contribution in [0.3, 0.4) is 0 Å². The lowest BCUT2D eigenvalue weighted by molar-refractivity contribution is -0.364. The molecular weight excluding hydrogens is 865 g/mol. The second-order valence-electron chi connectivity index (χ2n) is 16.7. The van der Waals surface area contributed by atoms with Gasteiger partial charge in [0.1, 0.15) is 24.4 Å². The van der Waals surface area contributed by atoms with Crippen LogP contribution in [0.2, 0.25) is 0 Å². The van der Waals surface area contributed by atoms with Gasteiger partial charge in [0, 0.05) is 11.8 Å². The van der Waals surface area contributed by atoms with Crippen molar-refractivity contribution in [3.63, 3.8) is 0 Å². The van der Waals surface area contributed by atoms with E-state index in [1.807, 2.05) is 0 Å². The summed E-state index contributed by atoms with van der Waals surface area (Å²) in [6, 6.07) is 6.96. The summed E-state index contributed by atoms with van der Waals surface area (Å²) in [5, 5.41) is 22.3. The number of carbonyl (C=O) groups excluding carboxylic acids is 2. The first kappa shape index (κ1) is 49.5. The van der Waals surface area contributed by atoms with Crippen molar-refractivity contribution >= 4 is 12.1 Å². The van der Waals surface area contributed by atoms with Gasteiger partial charge in [-0.25, -0.2) is 4.79 Å². The molecule has 10 atom stereocenters. The van der Waals surface area contributed by atoms with Crippen LogP contribution in [0, 0.1) is 11.8 Å². The van der Waals surface area contributed by atoms with Crippen LogP contribution in [0.4, 0.5) is 4.79 Å². The molecule has 0 radical (unpaired) electrons. The van der Waals surface area contributed by atoms with Gasteiger partial charge < -0.3 is 62.3 Å². The summed E-state index contributed by atoms with van der Waals surface area (Å²) in [6.07, 6.45) is 24.9. The van der Waals surface area contributed by atoms with E-state index in [0.29, 0.717) is 34.6 Å². The topological polar surface area (TPSA) is 176 Å². The fraction of sp³-hybridized carbons (Fsp3) is 0.500.